The summed E-state index contributed by atoms with van der Waals surface area (Å²) in [6.45, 7) is 7.35. The molecular weight excluding hydrogens is 216 g/mol. The standard InChI is InChI=1S/C12H22N4O/c1-12(2,3)15-11(17)5-6-13-7-10-8-14-9-16(10)4/h8-9,13H,5-7H2,1-4H3,(H,15,17). The molecule has 1 rings (SSSR count). The van der Waals surface area contributed by atoms with Crippen LogP contribution in [0.15, 0.2) is 12.5 Å². The van der Waals surface area contributed by atoms with Gasteiger partial charge in [-0.2, -0.15) is 0 Å². The first kappa shape index (κ1) is 13.7. The molecular formula is C12H22N4O. The van der Waals surface area contributed by atoms with Gasteiger partial charge < -0.3 is 15.2 Å². The number of nitrogens with one attached hydrogen (secondary N) is 2. The van der Waals surface area contributed by atoms with Crippen molar-refractivity contribution in [1.82, 2.24) is 20.2 Å². The third kappa shape index (κ3) is 5.49. The van der Waals surface area contributed by atoms with Crippen LogP contribution < -0.4 is 10.6 Å². The number of carbonyl (C=O) groups excluding carboxylic acids is 1. The van der Waals surface area contributed by atoms with Gasteiger partial charge in [0.05, 0.1) is 12.0 Å². The number of amides is 1. The highest BCUT2D eigenvalue weighted by Gasteiger charge is 2.12. The first-order chi connectivity index (χ1) is 7.88. The van der Waals surface area contributed by atoms with Gasteiger partial charge in [-0.3, -0.25) is 4.79 Å². The summed E-state index contributed by atoms with van der Waals surface area (Å²) in [4.78, 5) is 15.5. The summed E-state index contributed by atoms with van der Waals surface area (Å²) in [5.74, 6) is 0.0787. The van der Waals surface area contributed by atoms with Crippen LogP contribution in [0.4, 0.5) is 0 Å². The molecule has 0 saturated carbocycles. The van der Waals surface area contributed by atoms with E-state index < -0.39 is 0 Å². The van der Waals surface area contributed by atoms with Gasteiger partial charge in [-0.15, -0.1) is 0 Å². The molecule has 0 aliphatic heterocycles. The highest BCUT2D eigenvalue weighted by molar-refractivity contribution is 5.76. The first-order valence-electron chi connectivity index (χ1n) is 5.85. The molecule has 1 aromatic heterocycles. The van der Waals surface area contributed by atoms with E-state index in [1.807, 2.05) is 38.6 Å². The van der Waals surface area contributed by atoms with Crippen LogP contribution in [-0.2, 0) is 18.4 Å². The number of aryl methyl sites for hydroxylation is 1. The minimum absolute atomic E-state index is 0.0787. The molecule has 5 heteroatoms. The molecule has 1 heterocycles. The SMILES string of the molecule is Cn1cncc1CNCCC(=O)NC(C)(C)C. The van der Waals surface area contributed by atoms with E-state index in [0.29, 0.717) is 13.0 Å². The van der Waals surface area contributed by atoms with Gasteiger partial charge in [0, 0.05) is 38.3 Å². The molecule has 2 N–H and O–H groups in total. The van der Waals surface area contributed by atoms with Gasteiger partial charge in [0.1, 0.15) is 0 Å². The van der Waals surface area contributed by atoms with Crippen molar-refractivity contribution in [2.45, 2.75) is 39.3 Å². The second-order valence-electron chi connectivity index (χ2n) is 5.22. The van der Waals surface area contributed by atoms with Gasteiger partial charge in [0.25, 0.3) is 0 Å². The van der Waals surface area contributed by atoms with Crippen LogP contribution in [0.2, 0.25) is 0 Å². The average molecular weight is 238 g/mol. The van der Waals surface area contributed by atoms with Gasteiger partial charge in [0.2, 0.25) is 5.91 Å². The molecule has 0 unspecified atom stereocenters. The van der Waals surface area contributed by atoms with Gasteiger partial charge in [-0.25, -0.2) is 4.98 Å². The van der Waals surface area contributed by atoms with Crippen LogP contribution in [0.1, 0.15) is 32.9 Å². The molecule has 17 heavy (non-hydrogen) atoms. The zero-order valence-corrected chi connectivity index (χ0v) is 11.1. The van der Waals surface area contributed by atoms with Crippen LogP contribution in [-0.4, -0.2) is 27.5 Å². The van der Waals surface area contributed by atoms with Gasteiger partial charge in [-0.1, -0.05) is 0 Å². The van der Waals surface area contributed by atoms with Crippen LogP contribution in [0, 0.1) is 0 Å². The summed E-state index contributed by atoms with van der Waals surface area (Å²) in [6.07, 6.45) is 4.08. The van der Waals surface area contributed by atoms with E-state index in [-0.39, 0.29) is 11.4 Å². The van der Waals surface area contributed by atoms with Crippen molar-refractivity contribution in [3.63, 3.8) is 0 Å². The summed E-state index contributed by atoms with van der Waals surface area (Å²) >= 11 is 0. The Balaban J connectivity index is 2.17. The van der Waals surface area contributed by atoms with Crippen LogP contribution in [0.5, 0.6) is 0 Å². The smallest absolute Gasteiger partial charge is 0.221 e. The number of aromatic nitrogens is 2. The van der Waals surface area contributed by atoms with Crippen LogP contribution in [0.3, 0.4) is 0 Å². The molecule has 1 aromatic rings. The summed E-state index contributed by atoms with van der Waals surface area (Å²) in [5, 5.41) is 6.15. The van der Waals surface area contributed by atoms with E-state index in [9.17, 15) is 4.79 Å². The maximum atomic E-state index is 11.5. The minimum Gasteiger partial charge on any atom is -0.351 e. The van der Waals surface area contributed by atoms with E-state index in [1.165, 1.54) is 0 Å². The fourth-order valence-corrected chi connectivity index (χ4v) is 1.45. The highest BCUT2D eigenvalue weighted by atomic mass is 16.1. The number of rotatable bonds is 5. The summed E-state index contributed by atoms with van der Waals surface area (Å²) in [6, 6.07) is 0. The van der Waals surface area contributed by atoms with Crippen molar-refractivity contribution in [3.05, 3.63) is 18.2 Å². The summed E-state index contributed by atoms with van der Waals surface area (Å²) in [7, 11) is 1.95. The van der Waals surface area contributed by atoms with Crippen molar-refractivity contribution in [3.8, 4) is 0 Å². The average Bonchev–Trinajstić information content (AvgIpc) is 2.56. The summed E-state index contributed by atoms with van der Waals surface area (Å²) < 4.78 is 1.96. The Morgan fingerprint density at radius 1 is 1.47 bits per heavy atom. The maximum absolute atomic E-state index is 11.5. The monoisotopic (exact) mass is 238 g/mol. The lowest BCUT2D eigenvalue weighted by molar-refractivity contribution is -0.122. The van der Waals surface area contributed by atoms with Crippen LogP contribution in [0.25, 0.3) is 0 Å². The van der Waals surface area contributed by atoms with Crippen LogP contribution >= 0.6 is 0 Å². The Kier molecular flexibility index (Phi) is 4.69. The first-order valence-corrected chi connectivity index (χ1v) is 5.85. The third-order valence-corrected chi connectivity index (χ3v) is 2.27. The zero-order valence-electron chi connectivity index (χ0n) is 11.1. The molecule has 96 valence electrons. The lowest BCUT2D eigenvalue weighted by Gasteiger charge is -2.20. The van der Waals surface area contributed by atoms with E-state index in [1.54, 1.807) is 6.33 Å². The number of carbonyl (C=O) groups is 1. The molecule has 0 bridgehead atoms. The fourth-order valence-electron chi connectivity index (χ4n) is 1.45. The van der Waals surface area contributed by atoms with Crippen molar-refractivity contribution >= 4 is 5.91 Å². The topological polar surface area (TPSA) is 59.0 Å². The molecule has 0 aliphatic rings. The second-order valence-corrected chi connectivity index (χ2v) is 5.22. The van der Waals surface area contributed by atoms with Gasteiger partial charge in [-0.05, 0) is 20.8 Å². The Morgan fingerprint density at radius 2 is 2.18 bits per heavy atom. The molecule has 0 saturated heterocycles. The second kappa shape index (κ2) is 5.82. The van der Waals surface area contributed by atoms with Crippen molar-refractivity contribution < 1.29 is 4.79 Å². The number of imidazole rings is 1. The summed E-state index contributed by atoms with van der Waals surface area (Å²) in [5.41, 5.74) is 0.959. The number of nitrogens with zero attached hydrogens (tertiary/aromatic N) is 2. The predicted octanol–water partition coefficient (Wildman–Crippen LogP) is 0.814. The molecule has 0 radical (unpaired) electrons. The van der Waals surface area contributed by atoms with E-state index in [4.69, 9.17) is 0 Å². The fraction of sp³-hybridized carbons (Fsp3) is 0.667. The largest absolute Gasteiger partial charge is 0.351 e. The van der Waals surface area contributed by atoms with E-state index in [2.05, 4.69) is 15.6 Å². The van der Waals surface area contributed by atoms with Crippen molar-refractivity contribution in [2.75, 3.05) is 6.54 Å². The van der Waals surface area contributed by atoms with Crippen molar-refractivity contribution in [2.24, 2.45) is 7.05 Å². The lowest BCUT2D eigenvalue weighted by atomic mass is 10.1. The van der Waals surface area contributed by atoms with E-state index in [0.717, 1.165) is 12.2 Å². The molecule has 0 aliphatic carbocycles. The molecule has 1 amide bonds. The maximum Gasteiger partial charge on any atom is 0.221 e. The Labute approximate surface area is 103 Å². The quantitative estimate of drug-likeness (QED) is 0.746. The molecule has 0 atom stereocenters. The van der Waals surface area contributed by atoms with Crippen molar-refractivity contribution in [1.29, 1.82) is 0 Å². The Bertz CT molecular complexity index is 365. The third-order valence-electron chi connectivity index (χ3n) is 2.27. The number of hydrogen-bond donors (Lipinski definition) is 2. The zero-order chi connectivity index (χ0) is 12.9. The normalized spacial score (nSPS) is 11.5. The predicted molar refractivity (Wildman–Crippen MR) is 67.4 cm³/mol. The molecule has 0 fully saturated rings. The Morgan fingerprint density at radius 3 is 2.71 bits per heavy atom. The highest BCUT2D eigenvalue weighted by Crippen LogP contribution is 1.99. The molecule has 0 spiro atoms. The molecule has 5 nitrogen and oxygen atoms in total. The lowest BCUT2D eigenvalue weighted by Crippen LogP contribution is -2.41. The van der Waals surface area contributed by atoms with Gasteiger partial charge in [0.15, 0.2) is 0 Å². The number of hydrogen-bond acceptors (Lipinski definition) is 3. The minimum atomic E-state index is -0.154. The Hall–Kier alpha value is -1.36. The van der Waals surface area contributed by atoms with Gasteiger partial charge >= 0.3 is 0 Å². The van der Waals surface area contributed by atoms with E-state index >= 15 is 0 Å². The molecule has 0 aromatic carbocycles.